The normalized spacial score (nSPS) is 13.8. The van der Waals surface area contributed by atoms with Gasteiger partial charge in [-0.15, -0.1) is 5.10 Å². The molecule has 1 aliphatic carbocycles. The van der Waals surface area contributed by atoms with E-state index in [9.17, 15) is 5.26 Å². The molecular formula is C20H20N8. The molecule has 2 aromatic heterocycles. The average molecular weight is 372 g/mol. The molecule has 0 atom stereocenters. The number of nitriles is 1. The first-order valence-corrected chi connectivity index (χ1v) is 9.02. The van der Waals surface area contributed by atoms with Gasteiger partial charge in [0.1, 0.15) is 6.07 Å². The summed E-state index contributed by atoms with van der Waals surface area (Å²) >= 11 is 0. The first-order valence-electron chi connectivity index (χ1n) is 9.02. The molecule has 0 amide bonds. The molecule has 1 aliphatic rings. The lowest BCUT2D eigenvalue weighted by Gasteiger charge is -2.12. The highest BCUT2D eigenvalue weighted by Crippen LogP contribution is 2.29. The van der Waals surface area contributed by atoms with Crippen LogP contribution in [0.3, 0.4) is 0 Å². The lowest BCUT2D eigenvalue weighted by molar-refractivity contribution is 0.924. The number of hydrogen-bond acceptors (Lipinski definition) is 7. The molecule has 1 fully saturated rings. The lowest BCUT2D eigenvalue weighted by Crippen LogP contribution is -2.08. The topological polar surface area (TPSA) is 102 Å². The number of imidazole rings is 1. The van der Waals surface area contributed by atoms with Crippen LogP contribution in [0, 0.1) is 11.3 Å². The number of nitrogens with one attached hydrogen (secondary N) is 3. The number of fused-ring (bicyclic) bond motifs is 1. The Hall–Kier alpha value is -3.86. The van der Waals surface area contributed by atoms with Gasteiger partial charge in [-0.1, -0.05) is 18.2 Å². The van der Waals surface area contributed by atoms with Gasteiger partial charge in [0, 0.05) is 30.1 Å². The summed E-state index contributed by atoms with van der Waals surface area (Å²) in [6, 6.07) is 12.4. The molecular weight excluding hydrogens is 352 g/mol. The van der Waals surface area contributed by atoms with Crippen molar-refractivity contribution < 1.29 is 0 Å². The van der Waals surface area contributed by atoms with Crippen molar-refractivity contribution in [2.45, 2.75) is 25.8 Å². The van der Waals surface area contributed by atoms with Gasteiger partial charge < -0.3 is 10.6 Å². The molecule has 8 heteroatoms. The summed E-state index contributed by atoms with van der Waals surface area (Å²) in [5.74, 6) is 0.624. The molecule has 3 aromatic rings. The maximum Gasteiger partial charge on any atom is 0.178 e. The van der Waals surface area contributed by atoms with Crippen LogP contribution in [0.4, 0.5) is 17.2 Å². The number of allylic oxidation sites excluding steroid dienone is 1. The van der Waals surface area contributed by atoms with Gasteiger partial charge in [0.05, 0.1) is 17.6 Å². The van der Waals surface area contributed by atoms with Crippen LogP contribution in [0.2, 0.25) is 0 Å². The summed E-state index contributed by atoms with van der Waals surface area (Å²) < 4.78 is 1.57. The Kier molecular flexibility index (Phi) is 4.64. The van der Waals surface area contributed by atoms with Crippen molar-refractivity contribution in [3.63, 3.8) is 0 Å². The van der Waals surface area contributed by atoms with E-state index < -0.39 is 0 Å². The van der Waals surface area contributed by atoms with Gasteiger partial charge in [0.2, 0.25) is 0 Å². The smallest absolute Gasteiger partial charge is 0.178 e. The van der Waals surface area contributed by atoms with Gasteiger partial charge in [-0.3, -0.25) is 5.43 Å². The van der Waals surface area contributed by atoms with Crippen LogP contribution in [0.25, 0.3) is 11.3 Å². The molecule has 4 rings (SSSR count). The number of rotatable bonds is 7. The van der Waals surface area contributed by atoms with Crippen molar-refractivity contribution in [1.82, 2.24) is 20.0 Å². The second-order valence-corrected chi connectivity index (χ2v) is 6.53. The highest BCUT2D eigenvalue weighted by molar-refractivity contribution is 5.74. The summed E-state index contributed by atoms with van der Waals surface area (Å²) in [4.78, 5) is 4.34. The summed E-state index contributed by atoms with van der Waals surface area (Å²) in [7, 11) is 0. The molecule has 0 spiro atoms. The maximum absolute atomic E-state index is 9.35. The molecule has 0 bridgehead atoms. The minimum absolute atomic E-state index is 0.392. The van der Waals surface area contributed by atoms with E-state index in [1.807, 2.05) is 43.3 Å². The summed E-state index contributed by atoms with van der Waals surface area (Å²) in [6.07, 6.45) is 5.75. The van der Waals surface area contributed by atoms with Crippen LogP contribution in [-0.2, 0) is 0 Å². The average Bonchev–Trinajstić information content (AvgIpc) is 3.42. The van der Waals surface area contributed by atoms with Crippen molar-refractivity contribution in [1.29, 1.82) is 5.26 Å². The van der Waals surface area contributed by atoms with Crippen molar-refractivity contribution >= 4 is 35.3 Å². The Bertz CT molecular complexity index is 1100. The fraction of sp³-hybridized carbons (Fsp3) is 0.200. The molecule has 3 N–H and O–H groups in total. The van der Waals surface area contributed by atoms with E-state index in [4.69, 9.17) is 0 Å². The minimum atomic E-state index is 0.392. The zero-order chi connectivity index (χ0) is 19.5. The molecule has 140 valence electrons. The van der Waals surface area contributed by atoms with Crippen molar-refractivity contribution in [2.24, 2.45) is 5.10 Å². The minimum Gasteiger partial charge on any atom is -0.379 e. The van der Waals surface area contributed by atoms with E-state index >= 15 is 0 Å². The Balaban J connectivity index is 1.69. The van der Waals surface area contributed by atoms with Gasteiger partial charge in [-0.2, -0.15) is 14.9 Å². The third-order valence-electron chi connectivity index (χ3n) is 4.45. The molecule has 2 heterocycles. The second-order valence-electron chi connectivity index (χ2n) is 6.53. The number of aromatic nitrogens is 3. The zero-order valence-corrected chi connectivity index (χ0v) is 15.5. The van der Waals surface area contributed by atoms with E-state index in [-0.39, 0.29) is 0 Å². The van der Waals surface area contributed by atoms with Crippen molar-refractivity contribution in [2.75, 3.05) is 10.6 Å². The summed E-state index contributed by atoms with van der Waals surface area (Å²) in [5.41, 5.74) is 7.49. The Morgan fingerprint density at radius 1 is 1.39 bits per heavy atom. The third kappa shape index (κ3) is 3.50. The standard InChI is InChI=1S/C20H20N8/c1-3-17(26-22-2)13-5-4-6-15(9-13)25-19-10-18(24-14-7-8-14)20-23-12-16(11-21)28(20)27-19/h3-6,9-10,12,14,24,26H,2,7-8H2,1H3,(H,25,27)/b17-3-. The Morgan fingerprint density at radius 2 is 2.25 bits per heavy atom. The zero-order valence-electron chi connectivity index (χ0n) is 15.5. The quantitative estimate of drug-likeness (QED) is 0.433. The number of anilines is 3. The predicted octanol–water partition coefficient (Wildman–Crippen LogP) is 3.48. The van der Waals surface area contributed by atoms with E-state index in [0.717, 1.165) is 35.5 Å². The largest absolute Gasteiger partial charge is 0.379 e. The number of hydrogen-bond donors (Lipinski definition) is 3. The van der Waals surface area contributed by atoms with Crippen LogP contribution in [-0.4, -0.2) is 27.4 Å². The number of hydrazone groups is 1. The molecule has 8 nitrogen and oxygen atoms in total. The molecule has 0 radical (unpaired) electrons. The predicted molar refractivity (Wildman–Crippen MR) is 110 cm³/mol. The number of benzene rings is 1. The number of nitrogens with zero attached hydrogens (tertiary/aromatic N) is 5. The summed E-state index contributed by atoms with van der Waals surface area (Å²) in [6.45, 7) is 5.41. The van der Waals surface area contributed by atoms with Gasteiger partial charge in [0.25, 0.3) is 0 Å². The Labute approximate surface area is 162 Å². The van der Waals surface area contributed by atoms with Gasteiger partial charge in [0.15, 0.2) is 17.2 Å². The van der Waals surface area contributed by atoms with Crippen molar-refractivity contribution in [3.8, 4) is 6.07 Å². The van der Waals surface area contributed by atoms with E-state index in [1.54, 1.807) is 4.52 Å². The molecule has 0 unspecified atom stereocenters. The highest BCUT2D eigenvalue weighted by atomic mass is 15.3. The molecule has 0 saturated heterocycles. The first kappa shape index (κ1) is 17.5. The van der Waals surface area contributed by atoms with Crippen LogP contribution in [0.5, 0.6) is 0 Å². The van der Waals surface area contributed by atoms with Gasteiger partial charge >= 0.3 is 0 Å². The second kappa shape index (κ2) is 7.40. The van der Waals surface area contributed by atoms with Crippen LogP contribution >= 0.6 is 0 Å². The fourth-order valence-electron chi connectivity index (χ4n) is 2.95. The maximum atomic E-state index is 9.35. The highest BCUT2D eigenvalue weighted by Gasteiger charge is 2.23. The molecule has 1 saturated carbocycles. The van der Waals surface area contributed by atoms with E-state index in [0.29, 0.717) is 23.2 Å². The molecule has 1 aromatic carbocycles. The summed E-state index contributed by atoms with van der Waals surface area (Å²) in [5, 5.41) is 24.4. The van der Waals surface area contributed by atoms with E-state index in [2.05, 4.69) is 44.0 Å². The third-order valence-corrected chi connectivity index (χ3v) is 4.45. The van der Waals surface area contributed by atoms with Crippen molar-refractivity contribution in [3.05, 3.63) is 53.9 Å². The fourth-order valence-corrected chi connectivity index (χ4v) is 2.95. The van der Waals surface area contributed by atoms with Crippen LogP contribution in [0.15, 0.2) is 47.7 Å². The van der Waals surface area contributed by atoms with Crippen LogP contribution in [0.1, 0.15) is 31.0 Å². The van der Waals surface area contributed by atoms with Crippen LogP contribution < -0.4 is 16.1 Å². The Morgan fingerprint density at radius 3 is 2.96 bits per heavy atom. The monoisotopic (exact) mass is 372 g/mol. The lowest BCUT2D eigenvalue weighted by atomic mass is 10.1. The van der Waals surface area contributed by atoms with Gasteiger partial charge in [-0.25, -0.2) is 4.98 Å². The van der Waals surface area contributed by atoms with Gasteiger partial charge in [-0.05, 0) is 31.9 Å². The first-order chi connectivity index (χ1) is 13.7. The molecule has 0 aliphatic heterocycles. The molecule has 28 heavy (non-hydrogen) atoms. The SMILES string of the molecule is C=NN/C(=C\C)c1cccc(Nc2cc(NC3CC3)c3ncc(C#N)n3n2)c1. The van der Waals surface area contributed by atoms with E-state index in [1.165, 1.54) is 6.20 Å².